The van der Waals surface area contributed by atoms with Crippen LogP contribution in [0.2, 0.25) is 0 Å². The van der Waals surface area contributed by atoms with Gasteiger partial charge in [-0.15, -0.1) is 11.3 Å². The van der Waals surface area contributed by atoms with E-state index in [0.29, 0.717) is 6.04 Å². The number of hydrogen-bond donors (Lipinski definition) is 1. The van der Waals surface area contributed by atoms with Crippen molar-refractivity contribution in [2.24, 2.45) is 5.92 Å². The van der Waals surface area contributed by atoms with Crippen molar-refractivity contribution >= 4 is 17.0 Å². The average molecular weight is 271 g/mol. The Hall–Kier alpha value is -1.28. The smallest absolute Gasteiger partial charge is 0.0634 e. The highest BCUT2D eigenvalue weighted by Crippen LogP contribution is 2.39. The van der Waals surface area contributed by atoms with E-state index in [2.05, 4.69) is 54.0 Å². The second kappa shape index (κ2) is 5.79. The van der Waals surface area contributed by atoms with Crippen molar-refractivity contribution in [1.82, 2.24) is 0 Å². The number of para-hydroxylation sites is 1. The summed E-state index contributed by atoms with van der Waals surface area (Å²) in [4.78, 5) is 1.48. The lowest BCUT2D eigenvalue weighted by Gasteiger charge is -2.25. The zero-order valence-corrected chi connectivity index (χ0v) is 12.2. The molecule has 1 atom stereocenters. The number of benzene rings is 1. The highest BCUT2D eigenvalue weighted by Gasteiger charge is 2.27. The second-order valence-electron chi connectivity index (χ2n) is 5.50. The summed E-state index contributed by atoms with van der Waals surface area (Å²) < 4.78 is 0. The number of hydrogen-bond acceptors (Lipinski definition) is 2. The third-order valence-corrected chi connectivity index (χ3v) is 5.13. The van der Waals surface area contributed by atoms with Crippen molar-refractivity contribution in [2.75, 3.05) is 5.32 Å². The maximum absolute atomic E-state index is 3.80. The van der Waals surface area contributed by atoms with Gasteiger partial charge < -0.3 is 5.32 Å². The first-order valence-electron chi connectivity index (χ1n) is 7.20. The van der Waals surface area contributed by atoms with Crippen molar-refractivity contribution in [3.63, 3.8) is 0 Å². The first kappa shape index (κ1) is 12.7. The van der Waals surface area contributed by atoms with Gasteiger partial charge in [-0.2, -0.15) is 0 Å². The molecule has 1 aromatic heterocycles. The van der Waals surface area contributed by atoms with Crippen LogP contribution in [0.1, 0.15) is 42.2 Å². The van der Waals surface area contributed by atoms with E-state index in [1.165, 1.54) is 41.8 Å². The summed E-state index contributed by atoms with van der Waals surface area (Å²) in [6.45, 7) is 2.18. The number of aryl methyl sites for hydroxylation is 1. The number of rotatable bonds is 4. The molecule has 3 rings (SSSR count). The monoisotopic (exact) mass is 271 g/mol. The lowest BCUT2D eigenvalue weighted by atomic mass is 9.96. The molecule has 1 aliphatic rings. The first-order valence-corrected chi connectivity index (χ1v) is 8.08. The Bertz CT molecular complexity index is 512. The zero-order chi connectivity index (χ0) is 13.1. The van der Waals surface area contributed by atoms with Gasteiger partial charge in [-0.05, 0) is 48.8 Å². The zero-order valence-electron chi connectivity index (χ0n) is 11.4. The molecule has 1 heterocycles. The van der Waals surface area contributed by atoms with Gasteiger partial charge in [-0.1, -0.05) is 37.1 Å². The Labute approximate surface area is 119 Å². The molecule has 2 aromatic rings. The Balaban J connectivity index is 1.85. The fourth-order valence-corrected chi connectivity index (χ4v) is 3.95. The van der Waals surface area contributed by atoms with Gasteiger partial charge in [-0.25, -0.2) is 0 Å². The summed E-state index contributed by atoms with van der Waals surface area (Å²) in [5, 5.41) is 5.99. The van der Waals surface area contributed by atoms with Crippen LogP contribution >= 0.6 is 11.3 Å². The molecule has 0 saturated heterocycles. The second-order valence-corrected chi connectivity index (χ2v) is 6.48. The summed E-state index contributed by atoms with van der Waals surface area (Å²) in [6.07, 6.45) is 5.51. The van der Waals surface area contributed by atoms with Crippen LogP contribution in [-0.4, -0.2) is 0 Å². The normalized spacial score (nSPS) is 17.5. The predicted molar refractivity (Wildman–Crippen MR) is 83.8 cm³/mol. The van der Waals surface area contributed by atoms with Gasteiger partial charge in [-0.3, -0.25) is 0 Å². The molecule has 1 aliphatic carbocycles. The van der Waals surface area contributed by atoms with Gasteiger partial charge in [0, 0.05) is 10.6 Å². The van der Waals surface area contributed by atoms with Gasteiger partial charge in [0.25, 0.3) is 0 Å². The molecule has 1 nitrogen and oxygen atoms in total. The molecular formula is C17H21NS. The Morgan fingerprint density at radius 3 is 2.58 bits per heavy atom. The molecule has 0 radical (unpaired) electrons. The van der Waals surface area contributed by atoms with Crippen molar-refractivity contribution in [2.45, 2.75) is 38.6 Å². The third-order valence-electron chi connectivity index (χ3n) is 4.18. The lowest BCUT2D eigenvalue weighted by Crippen LogP contribution is -2.18. The Morgan fingerprint density at radius 2 is 1.89 bits per heavy atom. The fraction of sp³-hybridized carbons (Fsp3) is 0.412. The van der Waals surface area contributed by atoms with Crippen LogP contribution in [-0.2, 0) is 0 Å². The maximum atomic E-state index is 3.80. The molecule has 0 spiro atoms. The summed E-state index contributed by atoms with van der Waals surface area (Å²) in [7, 11) is 0. The Kier molecular flexibility index (Phi) is 3.88. The van der Waals surface area contributed by atoms with Crippen LogP contribution in [0, 0.1) is 12.8 Å². The van der Waals surface area contributed by atoms with Crippen LogP contribution in [0.15, 0.2) is 41.8 Å². The number of nitrogens with one attached hydrogen (secondary N) is 1. The van der Waals surface area contributed by atoms with Crippen LogP contribution in [0.25, 0.3) is 0 Å². The maximum Gasteiger partial charge on any atom is 0.0634 e. The lowest BCUT2D eigenvalue weighted by molar-refractivity contribution is 0.475. The molecule has 1 fully saturated rings. The van der Waals surface area contributed by atoms with Gasteiger partial charge in [0.15, 0.2) is 0 Å². The van der Waals surface area contributed by atoms with Crippen LogP contribution in [0.5, 0.6) is 0 Å². The molecule has 0 bridgehead atoms. The summed E-state index contributed by atoms with van der Waals surface area (Å²) in [5.41, 5.74) is 2.62. The summed E-state index contributed by atoms with van der Waals surface area (Å²) in [5.74, 6) is 0.790. The molecule has 2 heteroatoms. The highest BCUT2D eigenvalue weighted by atomic mass is 32.1. The average Bonchev–Trinajstić information content (AvgIpc) is 3.11. The molecule has 0 amide bonds. The van der Waals surface area contributed by atoms with Gasteiger partial charge in [0.05, 0.1) is 6.04 Å². The highest BCUT2D eigenvalue weighted by molar-refractivity contribution is 7.10. The van der Waals surface area contributed by atoms with E-state index in [1.54, 1.807) is 0 Å². The van der Waals surface area contributed by atoms with E-state index in [4.69, 9.17) is 0 Å². The SMILES string of the molecule is Cc1ccccc1NC(c1cccs1)C1CCCC1. The minimum Gasteiger partial charge on any atom is -0.377 e. The topological polar surface area (TPSA) is 12.0 Å². The molecule has 0 aliphatic heterocycles. The Morgan fingerprint density at radius 1 is 1.11 bits per heavy atom. The van der Waals surface area contributed by atoms with Crippen molar-refractivity contribution in [1.29, 1.82) is 0 Å². The summed E-state index contributed by atoms with van der Waals surface area (Å²) in [6, 6.07) is 13.5. The van der Waals surface area contributed by atoms with Crippen molar-refractivity contribution in [3.8, 4) is 0 Å². The molecular weight excluding hydrogens is 250 g/mol. The van der Waals surface area contributed by atoms with Crippen LogP contribution in [0.4, 0.5) is 5.69 Å². The minimum atomic E-state index is 0.489. The van der Waals surface area contributed by atoms with Gasteiger partial charge in [0.1, 0.15) is 0 Å². The molecule has 100 valence electrons. The molecule has 1 unspecified atom stereocenters. The fourth-order valence-electron chi connectivity index (χ4n) is 3.08. The van der Waals surface area contributed by atoms with E-state index in [1.807, 2.05) is 11.3 Å². The van der Waals surface area contributed by atoms with E-state index < -0.39 is 0 Å². The first-order chi connectivity index (χ1) is 9.34. The van der Waals surface area contributed by atoms with Gasteiger partial charge >= 0.3 is 0 Å². The summed E-state index contributed by atoms with van der Waals surface area (Å²) >= 11 is 1.88. The quantitative estimate of drug-likeness (QED) is 0.785. The van der Waals surface area contributed by atoms with E-state index in [9.17, 15) is 0 Å². The van der Waals surface area contributed by atoms with Crippen LogP contribution < -0.4 is 5.32 Å². The molecule has 1 N–H and O–H groups in total. The molecule has 19 heavy (non-hydrogen) atoms. The predicted octanol–water partition coefficient (Wildman–Crippen LogP) is 5.40. The molecule has 1 aromatic carbocycles. The van der Waals surface area contributed by atoms with Gasteiger partial charge in [0.2, 0.25) is 0 Å². The standard InChI is InChI=1S/C17H21NS/c1-13-7-2-5-10-15(13)18-17(14-8-3-4-9-14)16-11-6-12-19-16/h2,5-7,10-12,14,17-18H,3-4,8-9H2,1H3. The van der Waals surface area contributed by atoms with E-state index >= 15 is 0 Å². The third kappa shape index (κ3) is 2.84. The molecule has 1 saturated carbocycles. The number of thiophene rings is 1. The van der Waals surface area contributed by atoms with Crippen LogP contribution in [0.3, 0.4) is 0 Å². The van der Waals surface area contributed by atoms with Crippen molar-refractivity contribution < 1.29 is 0 Å². The minimum absolute atomic E-state index is 0.489. The van der Waals surface area contributed by atoms with Crippen molar-refractivity contribution in [3.05, 3.63) is 52.2 Å². The van der Waals surface area contributed by atoms with E-state index in [0.717, 1.165) is 5.92 Å². The number of anilines is 1. The van der Waals surface area contributed by atoms with E-state index in [-0.39, 0.29) is 0 Å². The largest absolute Gasteiger partial charge is 0.377 e.